The monoisotopic (exact) mass is 454 g/mol. The van der Waals surface area contributed by atoms with Crippen LogP contribution < -0.4 is 9.64 Å². The maximum Gasteiger partial charge on any atom is 0.233 e. The van der Waals surface area contributed by atoms with E-state index in [-0.39, 0.29) is 5.91 Å². The van der Waals surface area contributed by atoms with Gasteiger partial charge in [0.05, 0.1) is 29.6 Å². The smallest absolute Gasteiger partial charge is 0.233 e. The second-order valence-corrected chi connectivity index (χ2v) is 8.51. The number of halogens is 1. The number of hydrogen-bond acceptors (Lipinski definition) is 5. The number of carbonyl (C=O) groups excluding carboxylic acids is 1. The van der Waals surface area contributed by atoms with Crippen LogP contribution in [0.4, 0.5) is 5.13 Å². The lowest BCUT2D eigenvalue weighted by atomic mass is 10.1. The third-order valence-electron chi connectivity index (χ3n) is 4.82. The van der Waals surface area contributed by atoms with Gasteiger partial charge in [0.1, 0.15) is 5.75 Å². The van der Waals surface area contributed by atoms with Crippen molar-refractivity contribution in [3.63, 3.8) is 0 Å². The number of fused-ring (bicyclic) bond motifs is 1. The molecule has 4 aromatic rings. The fraction of sp³-hybridized carbons (Fsp3) is 0.261. The van der Waals surface area contributed by atoms with Gasteiger partial charge in [-0.3, -0.25) is 9.69 Å². The van der Waals surface area contributed by atoms with Crippen molar-refractivity contribution in [2.24, 2.45) is 0 Å². The summed E-state index contributed by atoms with van der Waals surface area (Å²) in [6.07, 6.45) is 6.55. The number of hydrogen-bond donors (Lipinski definition) is 0. The van der Waals surface area contributed by atoms with Gasteiger partial charge in [0.2, 0.25) is 5.91 Å². The molecule has 0 aliphatic rings. The molecular formula is C23H23ClN4O2S. The Hall–Kier alpha value is -2.90. The largest absolute Gasteiger partial charge is 0.494 e. The zero-order valence-corrected chi connectivity index (χ0v) is 18.8. The Morgan fingerprint density at radius 1 is 1.23 bits per heavy atom. The van der Waals surface area contributed by atoms with Crippen molar-refractivity contribution in [2.45, 2.75) is 26.3 Å². The first-order chi connectivity index (χ1) is 15.1. The van der Waals surface area contributed by atoms with E-state index in [0.29, 0.717) is 29.7 Å². The lowest BCUT2D eigenvalue weighted by Gasteiger charge is -2.20. The standard InChI is InChI=1S/C23H23ClN4O2S/c1-2-30-19-8-9-20-21(15-19)31-23(26-20)28(12-3-11-27-13-10-25-16-27)22(29)14-17-4-6-18(24)7-5-17/h4-10,13,15-16H,2-3,11-12,14H2,1H3. The Morgan fingerprint density at radius 2 is 2.06 bits per heavy atom. The van der Waals surface area contributed by atoms with Crippen molar-refractivity contribution in [3.8, 4) is 5.75 Å². The number of benzene rings is 2. The fourth-order valence-corrected chi connectivity index (χ4v) is 4.46. The maximum atomic E-state index is 13.3. The highest BCUT2D eigenvalue weighted by atomic mass is 35.5. The molecule has 0 unspecified atom stereocenters. The highest BCUT2D eigenvalue weighted by Gasteiger charge is 2.20. The average molecular weight is 455 g/mol. The molecule has 0 aliphatic heterocycles. The van der Waals surface area contributed by atoms with E-state index in [9.17, 15) is 4.79 Å². The average Bonchev–Trinajstić information content (AvgIpc) is 3.42. The Kier molecular flexibility index (Phi) is 6.84. The Labute approximate surface area is 190 Å². The van der Waals surface area contributed by atoms with Gasteiger partial charge in [0.15, 0.2) is 5.13 Å². The summed E-state index contributed by atoms with van der Waals surface area (Å²) in [5.41, 5.74) is 1.79. The molecule has 0 spiro atoms. The zero-order valence-electron chi connectivity index (χ0n) is 17.2. The van der Waals surface area contributed by atoms with Gasteiger partial charge in [-0.1, -0.05) is 35.1 Å². The molecular weight excluding hydrogens is 432 g/mol. The zero-order chi connectivity index (χ0) is 21.6. The fourth-order valence-electron chi connectivity index (χ4n) is 3.29. The third-order valence-corrected chi connectivity index (χ3v) is 6.11. The van der Waals surface area contributed by atoms with E-state index in [4.69, 9.17) is 21.3 Å². The molecule has 6 nitrogen and oxygen atoms in total. The number of aryl methyl sites for hydroxylation is 1. The minimum absolute atomic E-state index is 0.0111. The topological polar surface area (TPSA) is 60.2 Å². The quantitative estimate of drug-likeness (QED) is 0.348. The molecule has 0 N–H and O–H groups in total. The summed E-state index contributed by atoms with van der Waals surface area (Å²) in [6, 6.07) is 13.2. The van der Waals surface area contributed by atoms with Gasteiger partial charge in [0.25, 0.3) is 0 Å². The minimum atomic E-state index is 0.0111. The first-order valence-corrected chi connectivity index (χ1v) is 11.4. The van der Waals surface area contributed by atoms with Crippen molar-refractivity contribution >= 4 is 44.2 Å². The minimum Gasteiger partial charge on any atom is -0.494 e. The van der Waals surface area contributed by atoms with E-state index < -0.39 is 0 Å². The van der Waals surface area contributed by atoms with Gasteiger partial charge in [-0.2, -0.15) is 0 Å². The number of carbonyl (C=O) groups is 1. The Balaban J connectivity index is 1.56. The number of imidazole rings is 1. The number of thiazole rings is 1. The lowest BCUT2D eigenvalue weighted by molar-refractivity contribution is -0.118. The van der Waals surface area contributed by atoms with E-state index in [2.05, 4.69) is 4.98 Å². The summed E-state index contributed by atoms with van der Waals surface area (Å²) in [5.74, 6) is 0.821. The van der Waals surface area contributed by atoms with Crippen LogP contribution in [0.15, 0.2) is 61.2 Å². The second kappa shape index (κ2) is 9.94. The normalized spacial score (nSPS) is 11.0. The van der Waals surface area contributed by atoms with Gasteiger partial charge in [-0.05, 0) is 49.2 Å². The van der Waals surface area contributed by atoms with Crippen LogP contribution >= 0.6 is 22.9 Å². The Bertz CT molecular complexity index is 1140. The molecule has 0 aliphatic carbocycles. The van der Waals surface area contributed by atoms with Crippen LogP contribution in [0.3, 0.4) is 0 Å². The number of aromatic nitrogens is 3. The first kappa shape index (κ1) is 21.3. The van der Waals surface area contributed by atoms with Crippen LogP contribution in [0.25, 0.3) is 10.2 Å². The predicted molar refractivity (Wildman–Crippen MR) is 125 cm³/mol. The van der Waals surface area contributed by atoms with Gasteiger partial charge >= 0.3 is 0 Å². The predicted octanol–water partition coefficient (Wildman–Crippen LogP) is 5.21. The van der Waals surface area contributed by atoms with E-state index in [1.165, 1.54) is 11.3 Å². The van der Waals surface area contributed by atoms with Gasteiger partial charge in [-0.25, -0.2) is 9.97 Å². The molecule has 2 aromatic heterocycles. The Morgan fingerprint density at radius 3 is 2.81 bits per heavy atom. The summed E-state index contributed by atoms with van der Waals surface area (Å²) in [7, 11) is 0. The van der Waals surface area contributed by atoms with Gasteiger partial charge in [-0.15, -0.1) is 0 Å². The van der Waals surface area contributed by atoms with Crippen LogP contribution in [-0.4, -0.2) is 33.6 Å². The molecule has 0 bridgehead atoms. The molecule has 0 atom stereocenters. The molecule has 8 heteroatoms. The molecule has 0 saturated heterocycles. The van der Waals surface area contributed by atoms with E-state index in [0.717, 1.165) is 34.5 Å². The summed E-state index contributed by atoms with van der Waals surface area (Å²) in [5, 5.41) is 1.36. The number of ether oxygens (including phenoxy) is 1. The highest BCUT2D eigenvalue weighted by molar-refractivity contribution is 7.22. The number of anilines is 1. The number of rotatable bonds is 9. The molecule has 2 aromatic carbocycles. The van der Waals surface area contributed by atoms with Gasteiger partial charge < -0.3 is 9.30 Å². The SMILES string of the molecule is CCOc1ccc2nc(N(CCCn3ccnc3)C(=O)Cc3ccc(Cl)cc3)sc2c1. The van der Waals surface area contributed by atoms with Crippen LogP contribution in [0.1, 0.15) is 18.9 Å². The number of nitrogens with zero attached hydrogens (tertiary/aromatic N) is 4. The van der Waals surface area contributed by atoms with Crippen LogP contribution in [-0.2, 0) is 17.8 Å². The van der Waals surface area contributed by atoms with Gasteiger partial charge in [0, 0.05) is 30.5 Å². The molecule has 1 amide bonds. The molecule has 31 heavy (non-hydrogen) atoms. The summed E-state index contributed by atoms with van der Waals surface area (Å²) in [4.78, 5) is 23.9. The summed E-state index contributed by atoms with van der Waals surface area (Å²) in [6.45, 7) is 3.92. The van der Waals surface area contributed by atoms with Crippen molar-refractivity contribution in [2.75, 3.05) is 18.1 Å². The lowest BCUT2D eigenvalue weighted by Crippen LogP contribution is -2.33. The highest BCUT2D eigenvalue weighted by Crippen LogP contribution is 2.32. The molecule has 0 fully saturated rings. The molecule has 4 rings (SSSR count). The first-order valence-electron chi connectivity index (χ1n) is 10.2. The van der Waals surface area contributed by atoms with Crippen molar-refractivity contribution in [1.29, 1.82) is 0 Å². The van der Waals surface area contributed by atoms with Crippen LogP contribution in [0, 0.1) is 0 Å². The number of amides is 1. The molecule has 160 valence electrons. The molecule has 0 radical (unpaired) electrons. The van der Waals surface area contributed by atoms with E-state index >= 15 is 0 Å². The molecule has 2 heterocycles. The van der Waals surface area contributed by atoms with E-state index in [1.54, 1.807) is 29.6 Å². The second-order valence-electron chi connectivity index (χ2n) is 7.06. The summed E-state index contributed by atoms with van der Waals surface area (Å²) >= 11 is 7.49. The van der Waals surface area contributed by atoms with Crippen LogP contribution in [0.2, 0.25) is 5.02 Å². The molecule has 0 saturated carbocycles. The van der Waals surface area contributed by atoms with Crippen LogP contribution in [0.5, 0.6) is 5.75 Å². The van der Waals surface area contributed by atoms with Crippen molar-refractivity contribution in [3.05, 3.63) is 71.8 Å². The van der Waals surface area contributed by atoms with Crippen molar-refractivity contribution in [1.82, 2.24) is 14.5 Å². The third kappa shape index (κ3) is 5.42. The van der Waals surface area contributed by atoms with Crippen molar-refractivity contribution < 1.29 is 9.53 Å². The maximum absolute atomic E-state index is 13.3. The summed E-state index contributed by atoms with van der Waals surface area (Å²) < 4.78 is 8.61. The van der Waals surface area contributed by atoms with E-state index in [1.807, 2.05) is 48.0 Å².